The van der Waals surface area contributed by atoms with Crippen molar-refractivity contribution >= 4 is 28.3 Å². The lowest BCUT2D eigenvalue weighted by Gasteiger charge is -2.04. The van der Waals surface area contributed by atoms with E-state index in [1.165, 1.54) is 35.9 Å². The second-order valence-corrected chi connectivity index (χ2v) is 4.09. The molecule has 7 heteroatoms. The number of thiazole rings is 1. The van der Waals surface area contributed by atoms with Gasteiger partial charge in [0, 0.05) is 24.0 Å². The van der Waals surface area contributed by atoms with E-state index in [1.54, 1.807) is 11.6 Å². The number of ether oxygens (including phenoxy) is 1. The second-order valence-electron chi connectivity index (χ2n) is 3.20. The van der Waals surface area contributed by atoms with Crippen molar-refractivity contribution in [3.8, 4) is 0 Å². The van der Waals surface area contributed by atoms with Crippen molar-refractivity contribution in [2.24, 2.45) is 0 Å². The van der Waals surface area contributed by atoms with Gasteiger partial charge < -0.3 is 4.74 Å². The number of esters is 1. The fourth-order valence-electron chi connectivity index (χ4n) is 1.14. The van der Waals surface area contributed by atoms with Gasteiger partial charge in [-0.2, -0.15) is 0 Å². The lowest BCUT2D eigenvalue weighted by molar-refractivity contribution is -0.119. The van der Waals surface area contributed by atoms with Crippen molar-refractivity contribution < 1.29 is 14.3 Å². The third kappa shape index (κ3) is 3.36. The lowest BCUT2D eigenvalue weighted by atomic mass is 10.3. The van der Waals surface area contributed by atoms with Gasteiger partial charge in [0.05, 0.1) is 5.56 Å². The summed E-state index contributed by atoms with van der Waals surface area (Å²) in [4.78, 5) is 30.6. The molecule has 2 heterocycles. The minimum atomic E-state index is -0.563. The van der Waals surface area contributed by atoms with Crippen LogP contribution >= 0.6 is 11.3 Å². The number of hydrogen-bond donors (Lipinski definition) is 1. The van der Waals surface area contributed by atoms with Gasteiger partial charge >= 0.3 is 5.97 Å². The number of amides is 1. The fourth-order valence-corrected chi connectivity index (χ4v) is 1.69. The predicted molar refractivity (Wildman–Crippen MR) is 65.3 cm³/mol. The molecule has 1 amide bonds. The highest BCUT2D eigenvalue weighted by molar-refractivity contribution is 7.13. The standard InChI is InChI=1S/C11H9N3O3S/c15-9(14-11-13-5-6-18-11)7-17-10(16)8-1-3-12-4-2-8/h1-6H,7H2,(H,13,14,15). The largest absolute Gasteiger partial charge is 0.452 e. The van der Waals surface area contributed by atoms with E-state index < -0.39 is 11.9 Å². The summed E-state index contributed by atoms with van der Waals surface area (Å²) < 4.78 is 4.84. The van der Waals surface area contributed by atoms with Crippen LogP contribution in [0.2, 0.25) is 0 Å². The molecule has 2 rings (SSSR count). The van der Waals surface area contributed by atoms with Gasteiger partial charge in [-0.15, -0.1) is 11.3 Å². The SMILES string of the molecule is O=C(COC(=O)c1ccncc1)Nc1nccs1. The van der Waals surface area contributed by atoms with Crippen LogP contribution in [0, 0.1) is 0 Å². The molecule has 1 N–H and O–H groups in total. The van der Waals surface area contributed by atoms with Gasteiger partial charge in [0.1, 0.15) is 0 Å². The molecule has 0 aliphatic rings. The molecular formula is C11H9N3O3S. The van der Waals surface area contributed by atoms with Crippen molar-refractivity contribution in [2.75, 3.05) is 11.9 Å². The first-order chi connectivity index (χ1) is 8.75. The molecule has 0 aromatic carbocycles. The number of carbonyl (C=O) groups is 2. The van der Waals surface area contributed by atoms with E-state index >= 15 is 0 Å². The summed E-state index contributed by atoms with van der Waals surface area (Å²) in [7, 11) is 0. The van der Waals surface area contributed by atoms with Crippen molar-refractivity contribution in [3.63, 3.8) is 0 Å². The normalized spacial score (nSPS) is 9.78. The van der Waals surface area contributed by atoms with Gasteiger partial charge in [0.2, 0.25) is 0 Å². The lowest BCUT2D eigenvalue weighted by Crippen LogP contribution is -2.20. The Bertz CT molecular complexity index is 528. The van der Waals surface area contributed by atoms with E-state index in [4.69, 9.17) is 4.74 Å². The number of aromatic nitrogens is 2. The molecule has 2 aromatic heterocycles. The topological polar surface area (TPSA) is 81.2 Å². The summed E-state index contributed by atoms with van der Waals surface area (Å²) in [5.41, 5.74) is 0.354. The highest BCUT2D eigenvalue weighted by Gasteiger charge is 2.10. The zero-order valence-electron chi connectivity index (χ0n) is 9.20. The minimum Gasteiger partial charge on any atom is -0.452 e. The average Bonchev–Trinajstić information content (AvgIpc) is 2.90. The van der Waals surface area contributed by atoms with Gasteiger partial charge in [-0.3, -0.25) is 15.1 Å². The number of anilines is 1. The number of hydrogen-bond acceptors (Lipinski definition) is 6. The molecule has 92 valence electrons. The molecule has 0 fully saturated rings. The Labute approximate surface area is 107 Å². The number of rotatable bonds is 4. The first-order valence-electron chi connectivity index (χ1n) is 5.02. The van der Waals surface area contributed by atoms with Crippen LogP contribution in [0.25, 0.3) is 0 Å². The van der Waals surface area contributed by atoms with Crippen LogP contribution < -0.4 is 5.32 Å². The smallest absolute Gasteiger partial charge is 0.338 e. The zero-order chi connectivity index (χ0) is 12.8. The zero-order valence-corrected chi connectivity index (χ0v) is 10.0. The van der Waals surface area contributed by atoms with E-state index in [1.807, 2.05) is 0 Å². The summed E-state index contributed by atoms with van der Waals surface area (Å²) in [6.07, 6.45) is 4.53. The summed E-state index contributed by atoms with van der Waals surface area (Å²) >= 11 is 1.29. The summed E-state index contributed by atoms with van der Waals surface area (Å²) in [5.74, 6) is -0.987. The predicted octanol–water partition coefficient (Wildman–Crippen LogP) is 1.33. The fraction of sp³-hybridized carbons (Fsp3) is 0.0909. The number of nitrogens with zero attached hydrogens (tertiary/aromatic N) is 2. The molecule has 0 saturated heterocycles. The maximum absolute atomic E-state index is 11.5. The van der Waals surface area contributed by atoms with Gasteiger partial charge in [-0.1, -0.05) is 0 Å². The van der Waals surface area contributed by atoms with Crippen molar-refractivity contribution in [2.45, 2.75) is 0 Å². The van der Waals surface area contributed by atoms with Crippen LogP contribution in [0.15, 0.2) is 36.1 Å². The first kappa shape index (κ1) is 12.2. The Morgan fingerprint density at radius 1 is 1.28 bits per heavy atom. The van der Waals surface area contributed by atoms with Crippen molar-refractivity contribution in [1.29, 1.82) is 0 Å². The molecular weight excluding hydrogens is 254 g/mol. The van der Waals surface area contributed by atoms with E-state index in [0.717, 1.165) is 0 Å². The van der Waals surface area contributed by atoms with Gasteiger partial charge in [0.15, 0.2) is 11.7 Å². The second kappa shape index (κ2) is 5.87. The van der Waals surface area contributed by atoms with Crippen LogP contribution in [0.3, 0.4) is 0 Å². The van der Waals surface area contributed by atoms with E-state index in [-0.39, 0.29) is 6.61 Å². The number of carbonyl (C=O) groups excluding carboxylic acids is 2. The maximum atomic E-state index is 11.5. The molecule has 0 radical (unpaired) electrons. The highest BCUT2D eigenvalue weighted by atomic mass is 32.1. The molecule has 0 unspecified atom stereocenters. The molecule has 0 aliphatic carbocycles. The number of nitrogens with one attached hydrogen (secondary N) is 1. The Kier molecular flexibility index (Phi) is 3.98. The Morgan fingerprint density at radius 3 is 2.72 bits per heavy atom. The van der Waals surface area contributed by atoms with Gasteiger partial charge in [-0.25, -0.2) is 9.78 Å². The van der Waals surface area contributed by atoms with E-state index in [0.29, 0.717) is 10.7 Å². The first-order valence-corrected chi connectivity index (χ1v) is 5.90. The van der Waals surface area contributed by atoms with Crippen LogP contribution in [0.5, 0.6) is 0 Å². The Morgan fingerprint density at radius 2 is 2.06 bits per heavy atom. The Hall–Kier alpha value is -2.28. The third-order valence-electron chi connectivity index (χ3n) is 1.93. The Balaban J connectivity index is 1.81. The van der Waals surface area contributed by atoms with Crippen LogP contribution in [0.1, 0.15) is 10.4 Å². The third-order valence-corrected chi connectivity index (χ3v) is 2.62. The average molecular weight is 263 g/mol. The van der Waals surface area contributed by atoms with Crippen LogP contribution in [-0.4, -0.2) is 28.5 Å². The monoisotopic (exact) mass is 263 g/mol. The molecule has 0 atom stereocenters. The maximum Gasteiger partial charge on any atom is 0.338 e. The highest BCUT2D eigenvalue weighted by Crippen LogP contribution is 2.09. The molecule has 6 nitrogen and oxygen atoms in total. The molecule has 2 aromatic rings. The van der Waals surface area contributed by atoms with Gasteiger partial charge in [0.25, 0.3) is 5.91 Å². The molecule has 0 aliphatic heterocycles. The van der Waals surface area contributed by atoms with Crippen LogP contribution in [0.4, 0.5) is 5.13 Å². The van der Waals surface area contributed by atoms with E-state index in [9.17, 15) is 9.59 Å². The quantitative estimate of drug-likeness (QED) is 0.842. The van der Waals surface area contributed by atoms with Crippen molar-refractivity contribution in [1.82, 2.24) is 9.97 Å². The summed E-state index contributed by atoms with van der Waals surface area (Å²) in [6, 6.07) is 3.03. The van der Waals surface area contributed by atoms with E-state index in [2.05, 4.69) is 15.3 Å². The summed E-state index contributed by atoms with van der Waals surface area (Å²) in [5, 5.41) is 4.71. The molecule has 0 saturated carbocycles. The molecule has 0 spiro atoms. The summed E-state index contributed by atoms with van der Waals surface area (Å²) in [6.45, 7) is -0.346. The van der Waals surface area contributed by atoms with Gasteiger partial charge in [-0.05, 0) is 12.1 Å². The van der Waals surface area contributed by atoms with Crippen LogP contribution in [-0.2, 0) is 9.53 Å². The minimum absolute atomic E-state index is 0.346. The molecule has 18 heavy (non-hydrogen) atoms. The molecule has 0 bridgehead atoms. The van der Waals surface area contributed by atoms with Crippen molar-refractivity contribution in [3.05, 3.63) is 41.7 Å². The number of pyridine rings is 1.